The fraction of sp³-hybridized carbons (Fsp3) is 0.619. The zero-order valence-corrected chi connectivity index (χ0v) is 38.2. The average Bonchev–Trinajstić information content (AvgIpc) is 3.07. The fourth-order valence-electron chi connectivity index (χ4n) is 5.92. The van der Waals surface area contributed by atoms with Crippen molar-refractivity contribution in [3.8, 4) is 0 Å². The number of anilines is 1. The predicted octanol–water partition coefficient (Wildman–Crippen LogP) is 6.80. The molecular weight excluding hydrogens is 747 g/mol. The number of nitrogens with zero attached hydrogens (tertiary/aromatic N) is 1. The van der Waals surface area contributed by atoms with Gasteiger partial charge in [0.25, 0.3) is 11.8 Å². The SMILES string of the molecule is CC(C)C[C@H](NC(=O)c1cc(C(=O)N[C@H](C)c2ccccc2)cc(N(C)S(C)(=O)=O)c1)[C@H](C[C@@H](C)C(=O)N[C@H](C(=O)NC(C)C)C(C)C)O[Si](C)(C)C(C)(C)C. The van der Waals surface area contributed by atoms with Crippen LogP contribution in [-0.4, -0.2) is 77.9 Å². The summed E-state index contributed by atoms with van der Waals surface area (Å²) >= 11 is 0. The Morgan fingerprint density at radius 3 is 1.77 bits per heavy atom. The largest absolute Gasteiger partial charge is 0.412 e. The summed E-state index contributed by atoms with van der Waals surface area (Å²) in [5.74, 6) is -2.15. The smallest absolute Gasteiger partial charge is 0.251 e. The molecule has 2 aromatic carbocycles. The van der Waals surface area contributed by atoms with Gasteiger partial charge in [-0.05, 0) is 87.3 Å². The molecule has 0 spiro atoms. The van der Waals surface area contributed by atoms with Gasteiger partial charge < -0.3 is 25.7 Å². The lowest BCUT2D eigenvalue weighted by Gasteiger charge is -2.42. The summed E-state index contributed by atoms with van der Waals surface area (Å²) in [6, 6.07) is 12.0. The van der Waals surface area contributed by atoms with Gasteiger partial charge in [0.2, 0.25) is 21.8 Å². The van der Waals surface area contributed by atoms with Crippen LogP contribution in [0.1, 0.15) is 121 Å². The molecule has 0 unspecified atom stereocenters. The van der Waals surface area contributed by atoms with Crippen LogP contribution in [0.4, 0.5) is 5.69 Å². The van der Waals surface area contributed by atoms with E-state index in [0.29, 0.717) is 6.42 Å². The van der Waals surface area contributed by atoms with Crippen LogP contribution in [0.15, 0.2) is 48.5 Å². The van der Waals surface area contributed by atoms with Crippen molar-refractivity contribution in [2.24, 2.45) is 17.8 Å². The third-order valence-corrected chi connectivity index (χ3v) is 16.1. The van der Waals surface area contributed by atoms with Crippen molar-refractivity contribution in [2.75, 3.05) is 17.6 Å². The first-order valence-electron chi connectivity index (χ1n) is 19.7. The summed E-state index contributed by atoms with van der Waals surface area (Å²) < 4.78 is 33.4. The maximum atomic E-state index is 14.4. The Labute approximate surface area is 337 Å². The van der Waals surface area contributed by atoms with E-state index in [4.69, 9.17) is 4.43 Å². The maximum Gasteiger partial charge on any atom is 0.251 e. The highest BCUT2D eigenvalue weighted by atomic mass is 32.2. The normalized spacial score (nSPS) is 15.1. The van der Waals surface area contributed by atoms with Crippen molar-refractivity contribution in [1.29, 1.82) is 0 Å². The molecule has 5 atom stereocenters. The average molecular weight is 816 g/mol. The van der Waals surface area contributed by atoms with E-state index < -0.39 is 54.3 Å². The first-order valence-corrected chi connectivity index (χ1v) is 24.4. The van der Waals surface area contributed by atoms with Crippen molar-refractivity contribution in [1.82, 2.24) is 21.3 Å². The lowest BCUT2D eigenvalue weighted by atomic mass is 9.91. The zero-order chi connectivity index (χ0) is 42.9. The number of carbonyl (C=O) groups is 4. The molecular formula is C42H69N5O7SSi. The number of sulfonamides is 1. The highest BCUT2D eigenvalue weighted by Gasteiger charge is 2.42. The molecule has 4 N–H and O–H groups in total. The van der Waals surface area contributed by atoms with Crippen molar-refractivity contribution in [3.05, 3.63) is 65.2 Å². The molecule has 12 nitrogen and oxygen atoms in total. The quantitative estimate of drug-likeness (QED) is 0.113. The summed E-state index contributed by atoms with van der Waals surface area (Å²) in [7, 11) is -4.87. The van der Waals surface area contributed by atoms with E-state index in [1.165, 1.54) is 25.2 Å². The predicted molar refractivity (Wildman–Crippen MR) is 229 cm³/mol. The highest BCUT2D eigenvalue weighted by molar-refractivity contribution is 7.92. The van der Waals surface area contributed by atoms with Gasteiger partial charge in [-0.15, -0.1) is 0 Å². The van der Waals surface area contributed by atoms with Gasteiger partial charge in [0.1, 0.15) is 6.04 Å². The van der Waals surface area contributed by atoms with Crippen LogP contribution in [-0.2, 0) is 24.0 Å². The number of nitrogens with one attached hydrogen (secondary N) is 4. The molecule has 0 aliphatic rings. The molecule has 4 amide bonds. The minimum absolute atomic E-state index is 0.0865. The molecule has 0 fully saturated rings. The first-order chi connectivity index (χ1) is 25.6. The van der Waals surface area contributed by atoms with Crippen LogP contribution in [0.2, 0.25) is 18.1 Å². The molecule has 2 aromatic rings. The topological polar surface area (TPSA) is 163 Å². The standard InChI is InChI=1S/C42H69N5O7SSi/c1-26(2)21-35(36(54-56(14,15)42(9,10)11)22-29(7)38(48)46-37(27(3)4)41(51)43-28(5)6)45-40(50)33-23-32(24-34(25-33)47(12)55(13,52)53)39(49)44-30(8)31-19-17-16-18-20-31/h16-20,23-30,35-37H,21-22H2,1-15H3,(H,43,51)(H,44,49)(H,45,50)(H,46,48)/t29-,30-,35+,36+,37+/m1/s1. The van der Waals surface area contributed by atoms with Crippen molar-refractivity contribution in [3.63, 3.8) is 0 Å². The Bertz CT molecular complexity index is 1760. The van der Waals surface area contributed by atoms with E-state index in [1.807, 2.05) is 78.8 Å². The lowest BCUT2D eigenvalue weighted by Crippen LogP contribution is -2.54. The number of hydrogen-bond donors (Lipinski definition) is 4. The summed E-state index contributed by atoms with van der Waals surface area (Å²) in [4.78, 5) is 54.8. The summed E-state index contributed by atoms with van der Waals surface area (Å²) in [6.07, 6.45) is 1.22. The zero-order valence-electron chi connectivity index (χ0n) is 36.4. The first kappa shape index (κ1) is 48.4. The third-order valence-electron chi connectivity index (χ3n) is 10.4. The van der Waals surface area contributed by atoms with E-state index in [2.05, 4.69) is 55.1 Å². The lowest BCUT2D eigenvalue weighted by molar-refractivity contribution is -0.132. The number of carbonyl (C=O) groups excluding carboxylic acids is 4. The van der Waals surface area contributed by atoms with Crippen LogP contribution in [0.5, 0.6) is 0 Å². The maximum absolute atomic E-state index is 14.4. The second kappa shape index (κ2) is 20.1. The van der Waals surface area contributed by atoms with Crippen molar-refractivity contribution in [2.45, 2.75) is 137 Å². The molecule has 0 aliphatic heterocycles. The molecule has 14 heteroatoms. The van der Waals surface area contributed by atoms with Gasteiger partial charge in [0.05, 0.1) is 30.1 Å². The Morgan fingerprint density at radius 2 is 1.30 bits per heavy atom. The summed E-state index contributed by atoms with van der Waals surface area (Å²) in [5, 5.41) is 11.8. The minimum Gasteiger partial charge on any atom is -0.412 e. The fourth-order valence-corrected chi connectivity index (χ4v) is 7.78. The van der Waals surface area contributed by atoms with E-state index in [0.717, 1.165) is 16.1 Å². The van der Waals surface area contributed by atoms with Crippen LogP contribution >= 0.6 is 0 Å². The van der Waals surface area contributed by atoms with Gasteiger partial charge in [-0.1, -0.05) is 85.7 Å². The number of amides is 4. The van der Waals surface area contributed by atoms with Gasteiger partial charge in [-0.3, -0.25) is 23.5 Å². The van der Waals surface area contributed by atoms with E-state index in [9.17, 15) is 27.6 Å². The van der Waals surface area contributed by atoms with Crippen LogP contribution in [0, 0.1) is 17.8 Å². The van der Waals surface area contributed by atoms with Crippen molar-refractivity contribution >= 4 is 47.7 Å². The molecule has 0 bridgehead atoms. The van der Waals surface area contributed by atoms with E-state index in [1.54, 1.807) is 6.92 Å². The molecule has 0 radical (unpaired) electrons. The number of rotatable bonds is 19. The van der Waals surface area contributed by atoms with Gasteiger partial charge in [0.15, 0.2) is 8.32 Å². The molecule has 0 heterocycles. The summed E-state index contributed by atoms with van der Waals surface area (Å²) in [5.41, 5.74) is 1.25. The molecule has 314 valence electrons. The van der Waals surface area contributed by atoms with Gasteiger partial charge in [-0.25, -0.2) is 8.42 Å². The van der Waals surface area contributed by atoms with Crippen LogP contribution in [0.25, 0.3) is 0 Å². The number of hydrogen-bond acceptors (Lipinski definition) is 7. The van der Waals surface area contributed by atoms with Gasteiger partial charge >= 0.3 is 0 Å². The van der Waals surface area contributed by atoms with Crippen LogP contribution < -0.4 is 25.6 Å². The molecule has 0 aromatic heterocycles. The molecule has 0 saturated carbocycles. The highest BCUT2D eigenvalue weighted by Crippen LogP contribution is 2.39. The second-order valence-corrected chi connectivity index (χ2v) is 24.5. The van der Waals surface area contributed by atoms with Gasteiger partial charge in [0, 0.05) is 30.1 Å². The van der Waals surface area contributed by atoms with Gasteiger partial charge in [-0.2, -0.15) is 0 Å². The molecule has 56 heavy (non-hydrogen) atoms. The minimum atomic E-state index is -3.75. The molecule has 0 aliphatic carbocycles. The Kier molecular flexibility index (Phi) is 17.4. The summed E-state index contributed by atoms with van der Waals surface area (Å²) in [6.45, 7) is 25.8. The van der Waals surface area contributed by atoms with Crippen molar-refractivity contribution < 1.29 is 32.0 Å². The van der Waals surface area contributed by atoms with Crippen LogP contribution in [0.3, 0.4) is 0 Å². The Hall–Kier alpha value is -3.75. The number of benzene rings is 2. The van der Waals surface area contributed by atoms with E-state index >= 15 is 0 Å². The Morgan fingerprint density at radius 1 is 0.768 bits per heavy atom. The third kappa shape index (κ3) is 14.3. The Balaban J connectivity index is 2.60. The molecule has 2 rings (SSSR count). The monoisotopic (exact) mass is 815 g/mol. The second-order valence-electron chi connectivity index (χ2n) is 17.8. The van der Waals surface area contributed by atoms with E-state index in [-0.39, 0.29) is 64.0 Å². The molecule has 0 saturated heterocycles.